The third-order valence-electron chi connectivity index (χ3n) is 6.10. The van der Waals surface area contributed by atoms with Gasteiger partial charge < -0.3 is 9.47 Å². The number of ether oxygens (including phenoxy) is 2. The highest BCUT2D eigenvalue weighted by Crippen LogP contribution is 2.44. The van der Waals surface area contributed by atoms with Crippen LogP contribution in [-0.2, 0) is 9.47 Å². The number of benzene rings is 5. The van der Waals surface area contributed by atoms with Gasteiger partial charge in [0, 0.05) is 0 Å². The monoisotopic (exact) mass is 446 g/mol. The van der Waals surface area contributed by atoms with Gasteiger partial charge in [-0.25, -0.2) is 9.59 Å². The molecule has 0 fully saturated rings. The molecule has 4 nitrogen and oxygen atoms in total. The number of methoxy groups -OCH3 is 2. The molecule has 0 unspecified atom stereocenters. The summed E-state index contributed by atoms with van der Waals surface area (Å²) in [7, 11) is 2.77. The third kappa shape index (κ3) is 3.59. The first-order valence-electron chi connectivity index (χ1n) is 10.9. The van der Waals surface area contributed by atoms with E-state index in [0.717, 1.165) is 43.8 Å². The quantitative estimate of drug-likeness (QED) is 0.223. The molecule has 0 aromatic heterocycles. The second-order valence-corrected chi connectivity index (χ2v) is 7.98. The average molecular weight is 447 g/mol. The van der Waals surface area contributed by atoms with Crippen molar-refractivity contribution in [3.63, 3.8) is 0 Å². The molecule has 0 saturated heterocycles. The van der Waals surface area contributed by atoms with E-state index in [9.17, 15) is 9.59 Å². The summed E-state index contributed by atoms with van der Waals surface area (Å²) in [4.78, 5) is 24.3. The minimum atomic E-state index is -0.367. The van der Waals surface area contributed by atoms with E-state index < -0.39 is 0 Å². The largest absolute Gasteiger partial charge is 0.465 e. The molecule has 0 N–H and O–H groups in total. The molecule has 5 aromatic rings. The van der Waals surface area contributed by atoms with Crippen molar-refractivity contribution in [2.75, 3.05) is 14.2 Å². The fraction of sp³-hybridized carbons (Fsp3) is 0.0667. The molecule has 0 aliphatic carbocycles. The number of hydrogen-bond donors (Lipinski definition) is 0. The van der Waals surface area contributed by atoms with Crippen LogP contribution in [0.3, 0.4) is 0 Å². The molecule has 0 atom stereocenters. The molecule has 0 radical (unpaired) electrons. The maximum absolute atomic E-state index is 12.3. The molecule has 0 aliphatic rings. The highest BCUT2D eigenvalue weighted by Gasteiger charge is 2.19. The summed E-state index contributed by atoms with van der Waals surface area (Å²) in [5, 5.41) is 4.11. The maximum Gasteiger partial charge on any atom is 0.337 e. The second kappa shape index (κ2) is 8.83. The van der Waals surface area contributed by atoms with Crippen molar-refractivity contribution < 1.29 is 19.1 Å². The van der Waals surface area contributed by atoms with Crippen LogP contribution in [0.4, 0.5) is 0 Å². The molecule has 0 aliphatic heterocycles. The number of carbonyl (C=O) groups excluding carboxylic acids is 2. The summed E-state index contributed by atoms with van der Waals surface area (Å²) in [5.41, 5.74) is 5.19. The zero-order valence-electron chi connectivity index (χ0n) is 18.9. The van der Waals surface area contributed by atoms with E-state index in [1.54, 1.807) is 18.2 Å². The minimum Gasteiger partial charge on any atom is -0.465 e. The summed E-state index contributed by atoms with van der Waals surface area (Å²) >= 11 is 0. The molecule has 4 heteroatoms. The second-order valence-electron chi connectivity index (χ2n) is 7.98. The van der Waals surface area contributed by atoms with Crippen molar-refractivity contribution in [3.05, 3.63) is 108 Å². The van der Waals surface area contributed by atoms with Crippen LogP contribution in [0.5, 0.6) is 0 Å². The Morgan fingerprint density at radius 2 is 1.00 bits per heavy atom. The third-order valence-corrected chi connectivity index (χ3v) is 6.10. The number of carbonyl (C=O) groups is 2. The average Bonchev–Trinajstić information content (AvgIpc) is 2.91. The van der Waals surface area contributed by atoms with Crippen molar-refractivity contribution >= 4 is 33.5 Å². The minimum absolute atomic E-state index is 0.366. The fourth-order valence-electron chi connectivity index (χ4n) is 4.53. The number of fused-ring (bicyclic) bond motifs is 3. The zero-order valence-corrected chi connectivity index (χ0v) is 18.9. The van der Waals surface area contributed by atoms with Crippen molar-refractivity contribution in [2.24, 2.45) is 0 Å². The number of rotatable bonds is 4. The topological polar surface area (TPSA) is 52.6 Å². The molecule has 0 bridgehead atoms. The van der Waals surface area contributed by atoms with Gasteiger partial charge in [-0.2, -0.15) is 0 Å². The van der Waals surface area contributed by atoms with E-state index in [4.69, 9.17) is 9.47 Å². The normalized spacial score (nSPS) is 10.9. The first-order valence-corrected chi connectivity index (χ1v) is 10.9. The van der Waals surface area contributed by atoms with Gasteiger partial charge in [0.15, 0.2) is 0 Å². The van der Waals surface area contributed by atoms with Gasteiger partial charge in [0.25, 0.3) is 0 Å². The Labute approximate surface area is 197 Å². The lowest BCUT2D eigenvalue weighted by atomic mass is 9.84. The molecule has 5 rings (SSSR count). The standard InChI is InChI=1S/C30H22O4/c1-33-29(31)21-14-12-20(13-15-21)28-24-11-7-6-10-23(24)26-18-22(30(32)34-2)16-17-25(26)27(28)19-8-4-3-5-9-19/h3-18H,1-2H3. The van der Waals surface area contributed by atoms with Gasteiger partial charge >= 0.3 is 11.9 Å². The highest BCUT2D eigenvalue weighted by atomic mass is 16.5. The fourth-order valence-corrected chi connectivity index (χ4v) is 4.53. The van der Waals surface area contributed by atoms with E-state index in [-0.39, 0.29) is 11.9 Å². The molecule has 0 heterocycles. The van der Waals surface area contributed by atoms with Crippen molar-refractivity contribution in [3.8, 4) is 22.3 Å². The molecular formula is C30H22O4. The Hall–Kier alpha value is -4.44. The predicted octanol–water partition coefficient (Wildman–Crippen LogP) is 6.90. The molecule has 166 valence electrons. The van der Waals surface area contributed by atoms with Crippen LogP contribution in [0, 0.1) is 0 Å². The van der Waals surface area contributed by atoms with E-state index in [0.29, 0.717) is 11.1 Å². The summed E-state index contributed by atoms with van der Waals surface area (Å²) in [6.07, 6.45) is 0. The molecule has 34 heavy (non-hydrogen) atoms. The Morgan fingerprint density at radius 3 is 1.65 bits per heavy atom. The van der Waals surface area contributed by atoms with Gasteiger partial charge in [0.2, 0.25) is 0 Å². The maximum atomic E-state index is 12.3. The van der Waals surface area contributed by atoms with Gasteiger partial charge in [0.1, 0.15) is 0 Å². The van der Waals surface area contributed by atoms with Crippen LogP contribution < -0.4 is 0 Å². The summed E-state index contributed by atoms with van der Waals surface area (Å²) < 4.78 is 9.83. The van der Waals surface area contributed by atoms with Crippen LogP contribution in [0.2, 0.25) is 0 Å². The van der Waals surface area contributed by atoms with Crippen LogP contribution in [0.25, 0.3) is 43.8 Å². The van der Waals surface area contributed by atoms with Gasteiger partial charge in [-0.1, -0.05) is 72.8 Å². The number of esters is 2. The predicted molar refractivity (Wildman–Crippen MR) is 135 cm³/mol. The van der Waals surface area contributed by atoms with E-state index in [2.05, 4.69) is 24.3 Å². The van der Waals surface area contributed by atoms with Gasteiger partial charge in [-0.15, -0.1) is 0 Å². The van der Waals surface area contributed by atoms with E-state index >= 15 is 0 Å². The van der Waals surface area contributed by atoms with Crippen LogP contribution in [0.15, 0.2) is 97.1 Å². The van der Waals surface area contributed by atoms with Crippen molar-refractivity contribution in [1.82, 2.24) is 0 Å². The van der Waals surface area contributed by atoms with Gasteiger partial charge in [0.05, 0.1) is 25.3 Å². The van der Waals surface area contributed by atoms with Gasteiger partial charge in [-0.05, 0) is 68.1 Å². The summed E-state index contributed by atoms with van der Waals surface area (Å²) in [6.45, 7) is 0. The smallest absolute Gasteiger partial charge is 0.337 e. The summed E-state index contributed by atoms with van der Waals surface area (Å²) in [5.74, 6) is -0.733. The SMILES string of the molecule is COC(=O)c1ccc(-c2c(-c3ccccc3)c3ccc(C(=O)OC)cc3c3ccccc23)cc1. The molecule has 0 saturated carbocycles. The Bertz CT molecular complexity index is 1530. The molecule has 5 aromatic carbocycles. The van der Waals surface area contributed by atoms with E-state index in [1.165, 1.54) is 14.2 Å². The molecular weight excluding hydrogens is 424 g/mol. The summed E-state index contributed by atoms with van der Waals surface area (Å²) in [6, 6.07) is 31.6. The first kappa shape index (κ1) is 21.4. The zero-order chi connectivity index (χ0) is 23.7. The lowest BCUT2D eigenvalue weighted by molar-refractivity contribution is 0.0592. The molecule has 0 spiro atoms. The Kier molecular flexibility index (Phi) is 5.56. The van der Waals surface area contributed by atoms with Crippen LogP contribution in [-0.4, -0.2) is 26.2 Å². The number of hydrogen-bond acceptors (Lipinski definition) is 4. The lowest BCUT2D eigenvalue weighted by Crippen LogP contribution is -2.01. The first-order chi connectivity index (χ1) is 16.6. The Balaban J connectivity index is 1.90. The van der Waals surface area contributed by atoms with Crippen LogP contribution in [0.1, 0.15) is 20.7 Å². The molecule has 0 amide bonds. The van der Waals surface area contributed by atoms with Crippen molar-refractivity contribution in [2.45, 2.75) is 0 Å². The Morgan fingerprint density at radius 1 is 0.500 bits per heavy atom. The van der Waals surface area contributed by atoms with Crippen molar-refractivity contribution in [1.29, 1.82) is 0 Å². The highest BCUT2D eigenvalue weighted by molar-refractivity contribution is 6.22. The lowest BCUT2D eigenvalue weighted by Gasteiger charge is -2.19. The van der Waals surface area contributed by atoms with E-state index in [1.807, 2.05) is 54.6 Å². The van der Waals surface area contributed by atoms with Crippen LogP contribution >= 0.6 is 0 Å². The van der Waals surface area contributed by atoms with Gasteiger partial charge in [-0.3, -0.25) is 0 Å².